The van der Waals surface area contributed by atoms with Crippen LogP contribution in [0.1, 0.15) is 5.82 Å². The number of thiophene rings is 1. The summed E-state index contributed by atoms with van der Waals surface area (Å²) in [6.07, 6.45) is 1.67. The summed E-state index contributed by atoms with van der Waals surface area (Å²) in [5.41, 5.74) is 1.55. The maximum Gasteiger partial charge on any atom is 0.263 e. The molecule has 0 unspecified atom stereocenters. The highest BCUT2D eigenvalue weighted by Gasteiger charge is 2.17. The van der Waals surface area contributed by atoms with Gasteiger partial charge in [-0.15, -0.1) is 16.8 Å². The molecule has 5 aromatic rings. The molecular weight excluding hydrogens is 408 g/mol. The average molecular weight is 422 g/mol. The largest absolute Gasteiger partial charge is 0.334 e. The molecule has 10 heteroatoms. The first-order chi connectivity index (χ1) is 14.3. The van der Waals surface area contributed by atoms with Gasteiger partial charge in [0.25, 0.3) is 11.4 Å². The van der Waals surface area contributed by atoms with Crippen LogP contribution in [-0.2, 0) is 12.3 Å². The van der Waals surface area contributed by atoms with Gasteiger partial charge in [0.05, 0.1) is 22.2 Å². The zero-order valence-corrected chi connectivity index (χ0v) is 16.7. The van der Waals surface area contributed by atoms with Crippen molar-refractivity contribution in [3.63, 3.8) is 0 Å². The summed E-state index contributed by atoms with van der Waals surface area (Å²) in [7, 11) is 0. The van der Waals surface area contributed by atoms with Crippen LogP contribution in [0, 0.1) is 0 Å². The molecule has 0 bridgehead atoms. The van der Waals surface area contributed by atoms with Crippen LogP contribution in [0.15, 0.2) is 68.2 Å². The van der Waals surface area contributed by atoms with E-state index in [9.17, 15) is 4.79 Å². The maximum atomic E-state index is 12.8. The quantitative estimate of drug-likeness (QED) is 0.305. The minimum absolute atomic E-state index is 0.115. The van der Waals surface area contributed by atoms with E-state index in [1.54, 1.807) is 28.0 Å². The van der Waals surface area contributed by atoms with Gasteiger partial charge < -0.3 is 4.52 Å². The van der Waals surface area contributed by atoms with Crippen molar-refractivity contribution in [2.45, 2.75) is 17.5 Å². The van der Waals surface area contributed by atoms with E-state index in [-0.39, 0.29) is 5.56 Å². The Hall–Kier alpha value is -3.24. The molecular formula is C19H14N6O2S2. The van der Waals surface area contributed by atoms with Crippen LogP contribution in [0.5, 0.6) is 0 Å². The van der Waals surface area contributed by atoms with Crippen molar-refractivity contribution in [1.82, 2.24) is 29.3 Å². The molecule has 0 aliphatic carbocycles. The van der Waals surface area contributed by atoms with E-state index in [0.29, 0.717) is 40.3 Å². The second-order valence-corrected chi connectivity index (χ2v) is 7.88. The lowest BCUT2D eigenvalue weighted by molar-refractivity contribution is 0.425. The van der Waals surface area contributed by atoms with Crippen molar-refractivity contribution in [1.29, 1.82) is 0 Å². The second kappa shape index (κ2) is 7.30. The van der Waals surface area contributed by atoms with Gasteiger partial charge in [0.2, 0.25) is 5.78 Å². The molecule has 0 fully saturated rings. The number of benzene rings is 1. The third-order valence-electron chi connectivity index (χ3n) is 4.36. The van der Waals surface area contributed by atoms with E-state index in [1.807, 2.05) is 39.4 Å². The highest BCUT2D eigenvalue weighted by molar-refractivity contribution is 7.98. The Morgan fingerprint density at radius 3 is 2.97 bits per heavy atom. The molecule has 4 heterocycles. The SMILES string of the molecule is C=CCn1c(=O)c2ccccc2n2c(SCc3noc(-c4ccsc4)n3)nnc12. The Balaban J connectivity index is 1.54. The number of hydrogen-bond donors (Lipinski definition) is 0. The van der Waals surface area contributed by atoms with E-state index in [1.165, 1.54) is 11.8 Å². The number of hydrogen-bond acceptors (Lipinski definition) is 8. The predicted molar refractivity (Wildman–Crippen MR) is 112 cm³/mol. The number of allylic oxidation sites excluding steroid dienone is 1. The highest BCUT2D eigenvalue weighted by atomic mass is 32.2. The van der Waals surface area contributed by atoms with Crippen LogP contribution < -0.4 is 5.56 Å². The highest BCUT2D eigenvalue weighted by Crippen LogP contribution is 2.25. The molecule has 8 nitrogen and oxygen atoms in total. The lowest BCUT2D eigenvalue weighted by atomic mass is 10.2. The Labute approximate surface area is 172 Å². The van der Waals surface area contributed by atoms with Crippen LogP contribution in [0.25, 0.3) is 28.1 Å². The Bertz CT molecular complexity index is 1380. The number of fused-ring (bicyclic) bond motifs is 3. The molecule has 5 rings (SSSR count). The smallest absolute Gasteiger partial charge is 0.263 e. The fourth-order valence-electron chi connectivity index (χ4n) is 3.07. The fourth-order valence-corrected chi connectivity index (χ4v) is 4.48. The zero-order valence-electron chi connectivity index (χ0n) is 15.1. The van der Waals surface area contributed by atoms with E-state index in [4.69, 9.17) is 4.52 Å². The number of nitrogens with zero attached hydrogens (tertiary/aromatic N) is 6. The van der Waals surface area contributed by atoms with Crippen LogP contribution in [0.4, 0.5) is 0 Å². The summed E-state index contributed by atoms with van der Waals surface area (Å²) in [6.45, 7) is 4.09. The van der Waals surface area contributed by atoms with Gasteiger partial charge in [-0.3, -0.25) is 13.8 Å². The molecule has 0 amide bonds. The molecule has 0 radical (unpaired) electrons. The van der Waals surface area contributed by atoms with Crippen molar-refractivity contribution in [2.24, 2.45) is 0 Å². The summed E-state index contributed by atoms with van der Waals surface area (Å²) >= 11 is 3.01. The fraction of sp³-hybridized carbons (Fsp3) is 0.105. The van der Waals surface area contributed by atoms with Crippen LogP contribution in [-0.4, -0.2) is 29.3 Å². The van der Waals surface area contributed by atoms with Gasteiger partial charge in [-0.1, -0.05) is 35.1 Å². The number of rotatable bonds is 6. The third-order valence-corrected chi connectivity index (χ3v) is 5.96. The minimum Gasteiger partial charge on any atom is -0.334 e. The number of aromatic nitrogens is 6. The topological polar surface area (TPSA) is 91.1 Å². The zero-order chi connectivity index (χ0) is 19.8. The Kier molecular flexibility index (Phi) is 4.49. The first kappa shape index (κ1) is 17.8. The molecule has 0 atom stereocenters. The predicted octanol–water partition coefficient (Wildman–Crippen LogP) is 3.63. The number of para-hydroxylation sites is 1. The van der Waals surface area contributed by atoms with Crippen molar-refractivity contribution in [3.8, 4) is 11.5 Å². The standard InChI is InChI=1S/C19H14N6O2S2/c1-2-8-24-17(26)13-5-3-4-6-14(13)25-18(24)21-22-19(25)29-11-15-20-16(27-23-15)12-7-9-28-10-12/h2-7,9-10H,1,8,11H2. The molecule has 0 saturated heterocycles. The molecule has 29 heavy (non-hydrogen) atoms. The van der Waals surface area contributed by atoms with Gasteiger partial charge >= 0.3 is 0 Å². The summed E-state index contributed by atoms with van der Waals surface area (Å²) in [5, 5.41) is 17.8. The van der Waals surface area contributed by atoms with Crippen molar-refractivity contribution < 1.29 is 4.52 Å². The molecule has 144 valence electrons. The van der Waals surface area contributed by atoms with E-state index in [0.717, 1.165) is 11.1 Å². The second-order valence-electron chi connectivity index (χ2n) is 6.16. The third kappa shape index (κ3) is 3.06. The first-order valence-electron chi connectivity index (χ1n) is 8.72. The molecule has 0 aliphatic rings. The van der Waals surface area contributed by atoms with Gasteiger partial charge in [0.15, 0.2) is 11.0 Å². The monoisotopic (exact) mass is 422 g/mol. The molecule has 0 aliphatic heterocycles. The minimum atomic E-state index is -0.115. The van der Waals surface area contributed by atoms with Gasteiger partial charge in [-0.05, 0) is 23.6 Å². The van der Waals surface area contributed by atoms with E-state index < -0.39 is 0 Å². The normalized spacial score (nSPS) is 11.4. The van der Waals surface area contributed by atoms with E-state index >= 15 is 0 Å². The van der Waals surface area contributed by atoms with Gasteiger partial charge in [-0.2, -0.15) is 16.3 Å². The summed E-state index contributed by atoms with van der Waals surface area (Å²) in [5.74, 6) is 2.00. The molecule has 0 saturated carbocycles. The van der Waals surface area contributed by atoms with Gasteiger partial charge in [-0.25, -0.2) is 0 Å². The van der Waals surface area contributed by atoms with Crippen molar-refractivity contribution in [3.05, 3.63) is 69.9 Å². The lowest BCUT2D eigenvalue weighted by Crippen LogP contribution is -2.22. The van der Waals surface area contributed by atoms with Gasteiger partial charge in [0, 0.05) is 11.9 Å². The average Bonchev–Trinajstić information content (AvgIpc) is 3.50. The van der Waals surface area contributed by atoms with Crippen molar-refractivity contribution in [2.75, 3.05) is 0 Å². The molecule has 0 N–H and O–H groups in total. The van der Waals surface area contributed by atoms with Crippen LogP contribution >= 0.6 is 23.1 Å². The van der Waals surface area contributed by atoms with Crippen LogP contribution in [0.3, 0.4) is 0 Å². The molecule has 4 aromatic heterocycles. The molecule has 0 spiro atoms. The Morgan fingerprint density at radius 1 is 1.24 bits per heavy atom. The van der Waals surface area contributed by atoms with Gasteiger partial charge in [0.1, 0.15) is 0 Å². The number of thioether (sulfide) groups is 1. The first-order valence-corrected chi connectivity index (χ1v) is 10.6. The van der Waals surface area contributed by atoms with Crippen LogP contribution in [0.2, 0.25) is 0 Å². The molecule has 1 aromatic carbocycles. The summed E-state index contributed by atoms with van der Waals surface area (Å²) < 4.78 is 8.78. The Morgan fingerprint density at radius 2 is 2.14 bits per heavy atom. The summed E-state index contributed by atoms with van der Waals surface area (Å²) in [6, 6.07) is 9.36. The lowest BCUT2D eigenvalue weighted by Gasteiger charge is -2.09. The van der Waals surface area contributed by atoms with E-state index in [2.05, 4.69) is 26.9 Å². The summed E-state index contributed by atoms with van der Waals surface area (Å²) in [4.78, 5) is 17.3. The maximum absolute atomic E-state index is 12.8. The van der Waals surface area contributed by atoms with Crippen molar-refractivity contribution >= 4 is 39.8 Å².